The van der Waals surface area contributed by atoms with E-state index in [0.717, 1.165) is 19.4 Å². The van der Waals surface area contributed by atoms with Crippen LogP contribution in [-0.4, -0.2) is 41.2 Å². The molecule has 2 heterocycles. The van der Waals surface area contributed by atoms with Crippen molar-refractivity contribution in [2.24, 2.45) is 5.92 Å². The molecule has 1 aromatic rings. The molecular weight excluding hydrogens is 342 g/mol. The van der Waals surface area contributed by atoms with Crippen molar-refractivity contribution in [3.63, 3.8) is 0 Å². The van der Waals surface area contributed by atoms with Crippen LogP contribution < -0.4 is 10.2 Å². The molecule has 4 rings (SSSR count). The molecule has 1 aliphatic carbocycles. The van der Waals surface area contributed by atoms with E-state index in [9.17, 15) is 14.4 Å². The Hall–Kier alpha value is -2.21. The predicted molar refractivity (Wildman–Crippen MR) is 103 cm³/mol. The normalized spacial score (nSPS) is 28.9. The molecule has 27 heavy (non-hydrogen) atoms. The lowest BCUT2D eigenvalue weighted by atomic mass is 9.77. The average molecular weight is 369 g/mol. The zero-order valence-electron chi connectivity index (χ0n) is 15.8. The fourth-order valence-electron chi connectivity index (χ4n) is 5.09. The van der Waals surface area contributed by atoms with Crippen LogP contribution in [-0.2, 0) is 14.4 Å². The van der Waals surface area contributed by atoms with E-state index in [1.807, 2.05) is 0 Å². The fraction of sp³-hybridized carbons (Fsp3) is 0.571. The van der Waals surface area contributed by atoms with Crippen molar-refractivity contribution >= 4 is 29.1 Å². The van der Waals surface area contributed by atoms with Gasteiger partial charge in [-0.3, -0.25) is 19.3 Å². The number of hydrogen-bond donors (Lipinski definition) is 1. The van der Waals surface area contributed by atoms with Crippen LogP contribution in [0.4, 0.5) is 11.4 Å². The van der Waals surface area contributed by atoms with Crippen molar-refractivity contribution < 1.29 is 14.4 Å². The number of nitrogens with one attached hydrogen (secondary N) is 1. The number of hydrogen-bond acceptors (Lipinski definition) is 4. The first-order valence-electron chi connectivity index (χ1n) is 10.0. The van der Waals surface area contributed by atoms with E-state index in [1.54, 1.807) is 24.3 Å². The van der Waals surface area contributed by atoms with Gasteiger partial charge >= 0.3 is 0 Å². The summed E-state index contributed by atoms with van der Waals surface area (Å²) in [6, 6.07) is 7.03. The van der Waals surface area contributed by atoms with Crippen molar-refractivity contribution in [2.75, 3.05) is 16.8 Å². The van der Waals surface area contributed by atoms with E-state index in [2.05, 4.69) is 10.2 Å². The lowest BCUT2D eigenvalue weighted by molar-refractivity contribution is -0.124. The molecule has 1 aromatic carbocycles. The maximum absolute atomic E-state index is 13.1. The zero-order valence-corrected chi connectivity index (χ0v) is 15.8. The summed E-state index contributed by atoms with van der Waals surface area (Å²) >= 11 is 0. The maximum Gasteiger partial charge on any atom is 0.251 e. The molecule has 3 aliphatic rings. The lowest BCUT2D eigenvalue weighted by Gasteiger charge is -2.46. The number of anilines is 2. The van der Waals surface area contributed by atoms with Crippen LogP contribution in [0.2, 0.25) is 0 Å². The summed E-state index contributed by atoms with van der Waals surface area (Å²) in [5, 5.41) is 2.70. The number of imide groups is 1. The molecule has 0 spiro atoms. The zero-order chi connectivity index (χ0) is 19.0. The number of likely N-dealkylation sites (tertiary alicyclic amines) is 1. The Morgan fingerprint density at radius 2 is 1.74 bits per heavy atom. The van der Waals surface area contributed by atoms with E-state index in [0.29, 0.717) is 23.3 Å². The van der Waals surface area contributed by atoms with E-state index in [1.165, 1.54) is 37.5 Å². The maximum atomic E-state index is 13.1. The molecule has 0 radical (unpaired) electrons. The monoisotopic (exact) mass is 369 g/mol. The first-order chi connectivity index (χ1) is 13.0. The van der Waals surface area contributed by atoms with Crippen molar-refractivity contribution in [1.29, 1.82) is 0 Å². The molecular formula is C21H27N3O3. The molecule has 3 atom stereocenters. The summed E-state index contributed by atoms with van der Waals surface area (Å²) in [5.74, 6) is 0.304. The minimum Gasteiger partial charge on any atom is -0.326 e. The van der Waals surface area contributed by atoms with Crippen LogP contribution in [0.5, 0.6) is 0 Å². The van der Waals surface area contributed by atoms with E-state index in [-0.39, 0.29) is 30.2 Å². The number of carbonyl (C=O) groups excluding carboxylic acids is 3. The largest absolute Gasteiger partial charge is 0.326 e. The van der Waals surface area contributed by atoms with Gasteiger partial charge in [0.15, 0.2) is 0 Å². The molecule has 2 aliphatic heterocycles. The van der Waals surface area contributed by atoms with Crippen LogP contribution in [0, 0.1) is 5.92 Å². The van der Waals surface area contributed by atoms with Gasteiger partial charge in [-0.1, -0.05) is 12.8 Å². The van der Waals surface area contributed by atoms with Crippen molar-refractivity contribution in [3.8, 4) is 0 Å². The third-order valence-electron chi connectivity index (χ3n) is 6.26. The van der Waals surface area contributed by atoms with Crippen LogP contribution >= 0.6 is 0 Å². The Balaban J connectivity index is 1.52. The minimum atomic E-state index is -0.321. The van der Waals surface area contributed by atoms with Crippen molar-refractivity contribution in [3.05, 3.63) is 24.3 Å². The molecule has 6 heteroatoms. The van der Waals surface area contributed by atoms with Crippen LogP contribution in [0.15, 0.2) is 24.3 Å². The Labute approximate surface area is 159 Å². The first kappa shape index (κ1) is 18.2. The van der Waals surface area contributed by atoms with Crippen molar-refractivity contribution in [2.45, 2.75) is 64.0 Å². The van der Waals surface area contributed by atoms with Gasteiger partial charge in [-0.25, -0.2) is 4.90 Å². The topological polar surface area (TPSA) is 69.7 Å². The van der Waals surface area contributed by atoms with Crippen LogP contribution in [0.1, 0.15) is 51.9 Å². The third kappa shape index (κ3) is 3.50. The van der Waals surface area contributed by atoms with Gasteiger partial charge in [0.05, 0.1) is 18.2 Å². The molecule has 3 fully saturated rings. The van der Waals surface area contributed by atoms with Gasteiger partial charge in [0.1, 0.15) is 0 Å². The SMILES string of the molecule is CC(=O)Nc1ccc(N2C(=O)C[C@H](N3CCC[C@@H]4CCCC[C@@H]43)C2=O)cc1. The van der Waals surface area contributed by atoms with Crippen LogP contribution in [0.3, 0.4) is 0 Å². The molecule has 0 aromatic heterocycles. The molecule has 0 unspecified atom stereocenters. The number of carbonyl (C=O) groups is 3. The molecule has 1 N–H and O–H groups in total. The van der Waals surface area contributed by atoms with Crippen molar-refractivity contribution in [1.82, 2.24) is 4.90 Å². The summed E-state index contributed by atoms with van der Waals surface area (Å²) < 4.78 is 0. The first-order valence-corrected chi connectivity index (χ1v) is 10.0. The standard InChI is InChI=1S/C21H27N3O3/c1-14(25)22-16-8-10-17(11-9-16)24-20(26)13-19(21(24)27)23-12-4-6-15-5-2-3-7-18(15)23/h8-11,15,18-19H,2-7,12-13H2,1H3,(H,22,25)/t15-,18-,19-/m0/s1. The highest BCUT2D eigenvalue weighted by molar-refractivity contribution is 6.22. The predicted octanol–water partition coefficient (Wildman–Crippen LogP) is 2.93. The fourth-order valence-corrected chi connectivity index (χ4v) is 5.09. The average Bonchev–Trinajstić information content (AvgIpc) is 2.96. The Kier molecular flexibility index (Phi) is 5.00. The Bertz CT molecular complexity index is 744. The Morgan fingerprint density at radius 1 is 1.04 bits per heavy atom. The van der Waals surface area contributed by atoms with Gasteiger partial charge in [-0.05, 0) is 62.4 Å². The number of fused-ring (bicyclic) bond motifs is 1. The van der Waals surface area contributed by atoms with Gasteiger partial charge in [-0.15, -0.1) is 0 Å². The van der Waals surface area contributed by atoms with E-state index >= 15 is 0 Å². The number of rotatable bonds is 3. The molecule has 0 bridgehead atoms. The van der Waals surface area contributed by atoms with Gasteiger partial charge in [0.25, 0.3) is 5.91 Å². The quantitative estimate of drug-likeness (QED) is 0.832. The summed E-state index contributed by atoms with van der Waals surface area (Å²) in [4.78, 5) is 40.6. The molecule has 1 saturated carbocycles. The molecule has 6 nitrogen and oxygen atoms in total. The summed E-state index contributed by atoms with van der Waals surface area (Å²) in [7, 11) is 0. The third-order valence-corrected chi connectivity index (χ3v) is 6.26. The Morgan fingerprint density at radius 3 is 2.48 bits per heavy atom. The second kappa shape index (κ2) is 7.43. The number of piperidine rings is 1. The van der Waals surface area contributed by atoms with Gasteiger partial charge < -0.3 is 5.32 Å². The second-order valence-electron chi connectivity index (χ2n) is 8.01. The van der Waals surface area contributed by atoms with Gasteiger partial charge in [-0.2, -0.15) is 0 Å². The molecule has 3 amide bonds. The number of amides is 3. The van der Waals surface area contributed by atoms with Gasteiger partial charge in [0.2, 0.25) is 11.8 Å². The number of benzene rings is 1. The smallest absolute Gasteiger partial charge is 0.251 e. The van der Waals surface area contributed by atoms with Crippen LogP contribution in [0.25, 0.3) is 0 Å². The van der Waals surface area contributed by atoms with Gasteiger partial charge in [0, 0.05) is 18.7 Å². The highest BCUT2D eigenvalue weighted by Crippen LogP contribution is 2.38. The molecule has 144 valence electrons. The molecule has 2 saturated heterocycles. The lowest BCUT2D eigenvalue weighted by Crippen LogP contribution is -2.54. The number of nitrogens with zero attached hydrogens (tertiary/aromatic N) is 2. The highest BCUT2D eigenvalue weighted by atomic mass is 16.2. The minimum absolute atomic E-state index is 0.0986. The van der Waals surface area contributed by atoms with E-state index < -0.39 is 0 Å². The summed E-state index contributed by atoms with van der Waals surface area (Å²) in [5.41, 5.74) is 1.24. The summed E-state index contributed by atoms with van der Waals surface area (Å²) in [6.07, 6.45) is 7.56. The second-order valence-corrected chi connectivity index (χ2v) is 8.01. The van der Waals surface area contributed by atoms with E-state index in [4.69, 9.17) is 0 Å². The highest BCUT2D eigenvalue weighted by Gasteiger charge is 2.47. The summed E-state index contributed by atoms with van der Waals surface area (Å²) in [6.45, 7) is 2.36.